The summed E-state index contributed by atoms with van der Waals surface area (Å²) in [4.78, 5) is 0. The number of rotatable bonds is 3. The summed E-state index contributed by atoms with van der Waals surface area (Å²) in [6.45, 7) is 9.33. The van der Waals surface area contributed by atoms with Crippen molar-refractivity contribution in [1.29, 1.82) is 0 Å². The van der Waals surface area contributed by atoms with Crippen LogP contribution in [0.5, 0.6) is 0 Å². The fourth-order valence-electron chi connectivity index (χ4n) is 2.28. The van der Waals surface area contributed by atoms with Gasteiger partial charge in [0.1, 0.15) is 0 Å². The van der Waals surface area contributed by atoms with Crippen LogP contribution in [0.25, 0.3) is 0 Å². The Morgan fingerprint density at radius 2 is 1.43 bits per heavy atom. The van der Waals surface area contributed by atoms with E-state index < -0.39 is 0 Å². The van der Waals surface area contributed by atoms with Crippen LogP contribution in [0.3, 0.4) is 0 Å². The summed E-state index contributed by atoms with van der Waals surface area (Å²) in [5, 5.41) is 0. The normalized spacial score (nSPS) is 20.1. The molecule has 0 unspecified atom stereocenters. The SMILES string of the molecule is CC(C)C[C-]1CC[C-](C(C)C)CC1.[Y]. The second kappa shape index (κ2) is 7.39. The third kappa shape index (κ3) is 5.26. The first kappa shape index (κ1) is 15.1. The zero-order valence-electron chi connectivity index (χ0n) is 10.3. The van der Waals surface area contributed by atoms with E-state index in [1.807, 2.05) is 5.92 Å². The van der Waals surface area contributed by atoms with E-state index >= 15 is 0 Å². The largest absolute Gasteiger partial charge is 0.318 e. The van der Waals surface area contributed by atoms with Gasteiger partial charge in [-0.05, 0) is 0 Å². The minimum Gasteiger partial charge on any atom is -0.318 e. The summed E-state index contributed by atoms with van der Waals surface area (Å²) < 4.78 is 0. The predicted molar refractivity (Wildman–Crippen MR) is 59.2 cm³/mol. The first-order chi connectivity index (χ1) is 6.09. The molecule has 0 saturated heterocycles. The van der Waals surface area contributed by atoms with Gasteiger partial charge in [0.05, 0.1) is 0 Å². The van der Waals surface area contributed by atoms with E-state index in [4.69, 9.17) is 0 Å². The van der Waals surface area contributed by atoms with Gasteiger partial charge in [-0.3, -0.25) is 0 Å². The van der Waals surface area contributed by atoms with Crippen molar-refractivity contribution in [1.82, 2.24) is 0 Å². The maximum absolute atomic E-state index is 2.34. The molecule has 0 aliphatic heterocycles. The Morgan fingerprint density at radius 1 is 0.929 bits per heavy atom. The van der Waals surface area contributed by atoms with E-state index in [2.05, 4.69) is 27.7 Å². The molecule has 1 aliphatic rings. The summed E-state index contributed by atoms with van der Waals surface area (Å²) >= 11 is 0. The van der Waals surface area contributed by atoms with E-state index in [1.165, 1.54) is 32.1 Å². The average molecular weight is 269 g/mol. The van der Waals surface area contributed by atoms with Gasteiger partial charge >= 0.3 is 0 Å². The summed E-state index contributed by atoms with van der Waals surface area (Å²) in [6.07, 6.45) is 6.88. The topological polar surface area (TPSA) is 0 Å². The fraction of sp³-hybridized carbons (Fsp3) is 0.846. The number of hydrogen-bond donors (Lipinski definition) is 0. The standard InChI is InChI=1S/C13H24.Y/c1-10(2)9-12-5-7-13(8-6-12)11(3)4;/h10-11H,5-9H2,1-4H3;/q-2;. The van der Waals surface area contributed by atoms with Crippen LogP contribution in [0.2, 0.25) is 0 Å². The zero-order chi connectivity index (χ0) is 9.84. The molecular weight excluding hydrogens is 245 g/mol. The second-order valence-corrected chi connectivity index (χ2v) is 5.16. The van der Waals surface area contributed by atoms with E-state index in [0.717, 1.165) is 11.8 Å². The molecule has 0 aromatic carbocycles. The van der Waals surface area contributed by atoms with Crippen LogP contribution in [-0.2, 0) is 32.7 Å². The predicted octanol–water partition coefficient (Wildman–Crippen LogP) is 4.41. The van der Waals surface area contributed by atoms with E-state index in [-0.39, 0.29) is 32.7 Å². The van der Waals surface area contributed by atoms with Crippen LogP contribution in [-0.4, -0.2) is 0 Å². The van der Waals surface area contributed by atoms with Crippen LogP contribution in [0.15, 0.2) is 0 Å². The molecule has 1 fully saturated rings. The summed E-state index contributed by atoms with van der Waals surface area (Å²) in [6, 6.07) is 0. The van der Waals surface area contributed by atoms with Gasteiger partial charge < -0.3 is 11.8 Å². The van der Waals surface area contributed by atoms with Crippen molar-refractivity contribution in [2.24, 2.45) is 11.8 Å². The maximum atomic E-state index is 2.34. The molecule has 0 heterocycles. The Bertz CT molecular complexity index is 132. The molecule has 14 heavy (non-hydrogen) atoms. The van der Waals surface area contributed by atoms with Crippen LogP contribution >= 0.6 is 0 Å². The van der Waals surface area contributed by atoms with Crippen molar-refractivity contribution >= 4 is 0 Å². The smallest absolute Gasteiger partial charge is 0 e. The molecule has 1 saturated carbocycles. The molecule has 0 aromatic rings. The molecule has 1 aliphatic carbocycles. The molecule has 0 aromatic heterocycles. The van der Waals surface area contributed by atoms with Crippen LogP contribution in [0.1, 0.15) is 59.8 Å². The monoisotopic (exact) mass is 269 g/mol. The zero-order valence-corrected chi connectivity index (χ0v) is 13.1. The summed E-state index contributed by atoms with van der Waals surface area (Å²) in [5.74, 6) is 5.29. The quantitative estimate of drug-likeness (QED) is 0.666. The van der Waals surface area contributed by atoms with E-state index in [0.29, 0.717) is 0 Å². The summed E-state index contributed by atoms with van der Waals surface area (Å²) in [7, 11) is 0. The van der Waals surface area contributed by atoms with Crippen LogP contribution < -0.4 is 0 Å². The van der Waals surface area contributed by atoms with Gasteiger partial charge in [-0.1, -0.05) is 33.6 Å². The van der Waals surface area contributed by atoms with Crippen LogP contribution in [0.4, 0.5) is 0 Å². The Labute approximate surface area is 115 Å². The molecule has 0 atom stereocenters. The summed E-state index contributed by atoms with van der Waals surface area (Å²) in [5.41, 5.74) is 0. The van der Waals surface area contributed by atoms with Crippen molar-refractivity contribution in [3.8, 4) is 0 Å². The first-order valence-corrected chi connectivity index (χ1v) is 5.77. The van der Waals surface area contributed by atoms with Gasteiger partial charge in [0.25, 0.3) is 0 Å². The molecule has 1 rings (SSSR count). The Kier molecular flexibility index (Phi) is 7.97. The van der Waals surface area contributed by atoms with Gasteiger partial charge in [0.2, 0.25) is 0 Å². The Balaban J connectivity index is 0.00000169. The van der Waals surface area contributed by atoms with Crippen molar-refractivity contribution in [3.63, 3.8) is 0 Å². The molecular formula is C13H24Y-2. The minimum absolute atomic E-state index is 0. The van der Waals surface area contributed by atoms with Gasteiger partial charge in [-0.25, -0.2) is 25.7 Å². The molecule has 0 bridgehead atoms. The molecule has 1 radical (unpaired) electrons. The maximum Gasteiger partial charge on any atom is 0 e. The molecule has 81 valence electrons. The number of hydrogen-bond acceptors (Lipinski definition) is 0. The van der Waals surface area contributed by atoms with Gasteiger partial charge in [0, 0.05) is 32.7 Å². The minimum atomic E-state index is 0. The van der Waals surface area contributed by atoms with Crippen LogP contribution in [0, 0.1) is 23.7 Å². The fourth-order valence-corrected chi connectivity index (χ4v) is 2.28. The second-order valence-electron chi connectivity index (χ2n) is 5.16. The van der Waals surface area contributed by atoms with Gasteiger partial charge in [-0.2, -0.15) is 12.3 Å². The molecule has 0 nitrogen and oxygen atoms in total. The van der Waals surface area contributed by atoms with Gasteiger partial charge in [0.15, 0.2) is 0 Å². The van der Waals surface area contributed by atoms with Crippen molar-refractivity contribution in [3.05, 3.63) is 11.8 Å². The average Bonchev–Trinajstić information content (AvgIpc) is 2.04. The van der Waals surface area contributed by atoms with Gasteiger partial charge in [-0.15, -0.1) is 0 Å². The van der Waals surface area contributed by atoms with Crippen molar-refractivity contribution in [2.45, 2.75) is 59.8 Å². The third-order valence-electron chi connectivity index (χ3n) is 3.11. The molecule has 0 amide bonds. The van der Waals surface area contributed by atoms with Crippen molar-refractivity contribution < 1.29 is 32.7 Å². The van der Waals surface area contributed by atoms with E-state index in [9.17, 15) is 0 Å². The molecule has 0 N–H and O–H groups in total. The Morgan fingerprint density at radius 3 is 1.79 bits per heavy atom. The molecule has 1 heteroatoms. The first-order valence-electron chi connectivity index (χ1n) is 5.77. The third-order valence-corrected chi connectivity index (χ3v) is 3.11. The molecule has 0 spiro atoms. The van der Waals surface area contributed by atoms with Crippen molar-refractivity contribution in [2.75, 3.05) is 0 Å². The van der Waals surface area contributed by atoms with E-state index in [1.54, 1.807) is 5.92 Å². The Hall–Kier alpha value is 1.10.